The molecule has 0 radical (unpaired) electrons. The zero-order valence-electron chi connectivity index (χ0n) is 18.4. The predicted molar refractivity (Wildman–Crippen MR) is 111 cm³/mol. The summed E-state index contributed by atoms with van der Waals surface area (Å²) in [5.41, 5.74) is 2.66. The number of fused-ring (bicyclic) bond motifs is 2. The molecule has 10 nitrogen and oxygen atoms in total. The Bertz CT molecular complexity index is 992. The van der Waals surface area contributed by atoms with E-state index in [9.17, 15) is 36.3 Å². The molecule has 0 spiro atoms. The number of sulfone groups is 1. The van der Waals surface area contributed by atoms with E-state index in [4.69, 9.17) is 5.73 Å². The Balaban J connectivity index is 2.15. The first-order valence-corrected chi connectivity index (χ1v) is 13.3. The van der Waals surface area contributed by atoms with E-state index < -0.39 is 70.9 Å². The normalized spacial score (nSPS) is 27.7. The third-order valence-corrected chi connectivity index (χ3v) is 10.6. The number of hydrogen-bond acceptors (Lipinski definition) is 9. The van der Waals surface area contributed by atoms with Crippen molar-refractivity contribution in [3.8, 4) is 0 Å². The minimum atomic E-state index is -4.54. The molecule has 0 aromatic heterocycles. The maximum absolute atomic E-state index is 12.6. The van der Waals surface area contributed by atoms with Crippen LogP contribution in [-0.2, 0) is 38.5 Å². The fourth-order valence-corrected chi connectivity index (χ4v) is 9.03. The Morgan fingerprint density at radius 1 is 1.23 bits per heavy atom. The second-order valence-corrected chi connectivity index (χ2v) is 14.0. The van der Waals surface area contributed by atoms with Gasteiger partial charge in [0.1, 0.15) is 11.8 Å². The van der Waals surface area contributed by atoms with Gasteiger partial charge in [0, 0.05) is 6.42 Å². The van der Waals surface area contributed by atoms with Crippen LogP contribution >= 0.6 is 0 Å². The van der Waals surface area contributed by atoms with E-state index in [0.717, 1.165) is 0 Å². The summed E-state index contributed by atoms with van der Waals surface area (Å²) in [5.74, 6) is -5.01. The van der Waals surface area contributed by atoms with Gasteiger partial charge >= 0.3 is 22.1 Å². The Kier molecular flexibility index (Phi) is 6.48. The lowest BCUT2D eigenvalue weighted by molar-refractivity contribution is -0.138. The van der Waals surface area contributed by atoms with Crippen molar-refractivity contribution in [3.05, 3.63) is 0 Å². The van der Waals surface area contributed by atoms with Crippen LogP contribution < -0.4 is 5.73 Å². The van der Waals surface area contributed by atoms with Crippen LogP contribution in [0.2, 0.25) is 0 Å². The summed E-state index contributed by atoms with van der Waals surface area (Å²) in [5, 5.41) is 7.47. The number of carbonyl (C=O) groups is 3. The smallest absolute Gasteiger partial charge is 0.339 e. The van der Waals surface area contributed by atoms with Crippen LogP contribution in [0.4, 0.5) is 0 Å². The summed E-state index contributed by atoms with van der Waals surface area (Å²) in [4.78, 5) is 36.3. The van der Waals surface area contributed by atoms with Crippen LogP contribution in [-0.4, -0.2) is 62.5 Å². The van der Waals surface area contributed by atoms with Crippen molar-refractivity contribution in [1.29, 1.82) is 0 Å². The van der Waals surface area contributed by atoms with E-state index in [1.165, 1.54) is 20.8 Å². The maximum atomic E-state index is 12.6. The summed E-state index contributed by atoms with van der Waals surface area (Å²) in [7, 11) is -8.95. The van der Waals surface area contributed by atoms with Gasteiger partial charge in [-0.2, -0.15) is 8.42 Å². The second kappa shape index (κ2) is 7.80. The van der Waals surface area contributed by atoms with Gasteiger partial charge in [0.05, 0.1) is 16.9 Å². The molecule has 0 amide bonds. The molecule has 31 heavy (non-hydrogen) atoms. The van der Waals surface area contributed by atoms with E-state index in [2.05, 4.69) is 4.18 Å². The van der Waals surface area contributed by atoms with Crippen LogP contribution in [0.15, 0.2) is 0 Å². The molecule has 0 aromatic carbocycles. The van der Waals surface area contributed by atoms with Gasteiger partial charge in [0.2, 0.25) is 0 Å². The second-order valence-electron chi connectivity index (χ2n) is 10.3. The highest BCUT2D eigenvalue weighted by Crippen LogP contribution is 2.64. The monoisotopic (exact) mass is 481 g/mol. The molecule has 0 aliphatic heterocycles. The topological polar surface area (TPSA) is 175 Å². The first kappa shape index (κ1) is 25.7. The summed E-state index contributed by atoms with van der Waals surface area (Å²) in [6, 6.07) is -1.90. The van der Waals surface area contributed by atoms with Gasteiger partial charge in [0.25, 0.3) is 0 Å². The van der Waals surface area contributed by atoms with E-state index >= 15 is 0 Å². The highest BCUT2D eigenvalue weighted by molar-refractivity contribution is 7.92. The largest absolute Gasteiger partial charge is 0.480 e. The Morgan fingerprint density at radius 2 is 1.77 bits per heavy atom. The van der Waals surface area contributed by atoms with E-state index in [1.807, 2.05) is 13.8 Å². The Morgan fingerprint density at radius 3 is 2.16 bits per heavy atom. The molecule has 0 aromatic rings. The molecule has 2 saturated carbocycles. The van der Waals surface area contributed by atoms with Crippen LogP contribution in [0.5, 0.6) is 0 Å². The Labute approximate surface area is 182 Å². The van der Waals surface area contributed by atoms with E-state index in [0.29, 0.717) is 12.8 Å². The zero-order valence-corrected chi connectivity index (χ0v) is 20.0. The van der Waals surface area contributed by atoms with E-state index in [1.54, 1.807) is 0 Å². The standard InChI is InChI=1S/C19H31NO9S2/c1-17(2,3)14(15(22)23)30(25,26)9-12(20)16(24)29-31(27,28)10-19-7-6-11(8-13(19)21)18(19,4)5/h11-12,14H,6-10,20H2,1-5H3,(H,22,23)/t11?,12-,14?,19?/m0/s1. The third kappa shape index (κ3) is 4.65. The van der Waals surface area contributed by atoms with Crippen molar-refractivity contribution < 1.29 is 40.5 Å². The molecule has 3 unspecified atom stereocenters. The summed E-state index contributed by atoms with van der Waals surface area (Å²) in [6.45, 7) is 7.87. The lowest BCUT2D eigenvalue weighted by atomic mass is 9.70. The lowest BCUT2D eigenvalue weighted by Crippen LogP contribution is -2.49. The molecule has 2 aliphatic rings. The van der Waals surface area contributed by atoms with Gasteiger partial charge in [-0.05, 0) is 29.6 Å². The quantitative estimate of drug-likeness (QED) is 0.464. The van der Waals surface area contributed by atoms with Gasteiger partial charge in [-0.1, -0.05) is 34.6 Å². The van der Waals surface area contributed by atoms with Gasteiger partial charge in [-0.25, -0.2) is 13.2 Å². The van der Waals surface area contributed by atoms with Crippen LogP contribution in [0.1, 0.15) is 53.9 Å². The van der Waals surface area contributed by atoms with Crippen molar-refractivity contribution in [3.63, 3.8) is 0 Å². The number of carbonyl (C=O) groups excluding carboxylic acids is 2. The minimum absolute atomic E-state index is 0.0589. The lowest BCUT2D eigenvalue weighted by Gasteiger charge is -2.35. The number of hydrogen-bond donors (Lipinski definition) is 2. The number of carboxylic acid groups (broad SMARTS) is 1. The molecule has 0 saturated heterocycles. The van der Waals surface area contributed by atoms with Crippen molar-refractivity contribution in [2.24, 2.45) is 27.9 Å². The number of ketones is 1. The van der Waals surface area contributed by atoms with Crippen molar-refractivity contribution in [2.45, 2.75) is 65.2 Å². The molecule has 12 heteroatoms. The molecule has 2 fully saturated rings. The first-order valence-electron chi connectivity index (χ1n) is 9.96. The fourth-order valence-electron chi connectivity index (χ4n) is 5.10. The highest BCUT2D eigenvalue weighted by atomic mass is 32.2. The van der Waals surface area contributed by atoms with Gasteiger partial charge < -0.3 is 15.0 Å². The van der Waals surface area contributed by atoms with Gasteiger partial charge in [-0.3, -0.25) is 9.59 Å². The number of rotatable bonds is 8. The maximum Gasteiger partial charge on any atom is 0.339 e. The number of nitrogens with two attached hydrogens (primary N) is 1. The predicted octanol–water partition coefficient (Wildman–Crippen LogP) is 0.496. The molecule has 0 heterocycles. The highest BCUT2D eigenvalue weighted by Gasteiger charge is 2.65. The average Bonchev–Trinajstić information content (AvgIpc) is 2.85. The summed E-state index contributed by atoms with van der Waals surface area (Å²) >= 11 is 0. The molecule has 2 rings (SSSR count). The SMILES string of the molecule is CC(C)(C)C(C(=O)O)S(=O)(=O)C[C@H](N)C(=O)OS(=O)(=O)CC12CCC(CC1=O)C2(C)C. The molecule has 2 aliphatic carbocycles. The van der Waals surface area contributed by atoms with E-state index in [-0.39, 0.29) is 18.1 Å². The molecule has 178 valence electrons. The zero-order chi connectivity index (χ0) is 24.2. The first-order chi connectivity index (χ1) is 13.8. The number of Topliss-reactive ketones (excluding diaryl/α,β-unsaturated/α-hetero) is 1. The Hall–Kier alpha value is -1.53. The van der Waals surface area contributed by atoms with Crippen LogP contribution in [0.3, 0.4) is 0 Å². The summed E-state index contributed by atoms with van der Waals surface area (Å²) in [6.07, 6.45) is 1.34. The van der Waals surface area contributed by atoms with Crippen molar-refractivity contribution in [1.82, 2.24) is 0 Å². The van der Waals surface area contributed by atoms with Crippen LogP contribution in [0.25, 0.3) is 0 Å². The van der Waals surface area contributed by atoms with Crippen LogP contribution in [0, 0.1) is 22.2 Å². The molecular weight excluding hydrogens is 450 g/mol. The third-order valence-electron chi connectivity index (χ3n) is 6.86. The fraction of sp³-hybridized carbons (Fsp3) is 0.842. The average molecular weight is 482 g/mol. The van der Waals surface area contributed by atoms with Gasteiger partial charge in [0.15, 0.2) is 15.1 Å². The van der Waals surface area contributed by atoms with Gasteiger partial charge in [-0.15, -0.1) is 0 Å². The minimum Gasteiger partial charge on any atom is -0.480 e. The number of carboxylic acids is 1. The van der Waals surface area contributed by atoms with Crippen molar-refractivity contribution in [2.75, 3.05) is 11.5 Å². The molecule has 2 bridgehead atoms. The molecule has 4 atom stereocenters. The van der Waals surface area contributed by atoms with Crippen molar-refractivity contribution >= 4 is 37.7 Å². The molecule has 3 N–H and O–H groups in total. The number of aliphatic carboxylic acids is 1. The summed E-state index contributed by atoms with van der Waals surface area (Å²) < 4.78 is 54.8. The molecular formula is C19H31NO9S2.